The third kappa shape index (κ3) is 3.17. The van der Waals surface area contributed by atoms with E-state index in [1.165, 1.54) is 6.07 Å². The molecule has 2 heterocycles. The maximum absolute atomic E-state index is 11.2. The number of carboxylic acid groups (broad SMARTS) is 1. The first-order valence-corrected chi connectivity index (χ1v) is 6.82. The van der Waals surface area contributed by atoms with E-state index >= 15 is 0 Å². The van der Waals surface area contributed by atoms with Crippen molar-refractivity contribution in [3.05, 3.63) is 77.4 Å². The summed E-state index contributed by atoms with van der Waals surface area (Å²) >= 11 is 0. The van der Waals surface area contributed by atoms with E-state index in [0.717, 1.165) is 11.3 Å². The Balaban J connectivity index is 1.76. The minimum absolute atomic E-state index is 0.183. The van der Waals surface area contributed by atoms with Gasteiger partial charge in [-0.2, -0.15) is 0 Å². The van der Waals surface area contributed by atoms with Gasteiger partial charge in [0.25, 0.3) is 0 Å². The predicted octanol–water partition coefficient (Wildman–Crippen LogP) is 2.01. The normalized spacial score (nSPS) is 10.5. The quantitative estimate of drug-likeness (QED) is 0.778. The average molecular weight is 294 g/mol. The zero-order valence-electron chi connectivity index (χ0n) is 11.8. The maximum atomic E-state index is 11.2. The highest BCUT2D eigenvalue weighted by Gasteiger charge is 2.12. The Morgan fingerprint density at radius 1 is 1.14 bits per heavy atom. The standard InChI is InChI=1S/C16H14N4O2/c21-16(22)14-7-4-8-17-15(14)11-20-10-13(18-19-20)9-12-5-2-1-3-6-12/h1-8,10H,9,11H2,(H,21,22). The first kappa shape index (κ1) is 13.9. The van der Waals surface area contributed by atoms with E-state index in [1.807, 2.05) is 36.5 Å². The molecule has 0 fully saturated rings. The lowest BCUT2D eigenvalue weighted by molar-refractivity contribution is 0.0695. The highest BCUT2D eigenvalue weighted by molar-refractivity contribution is 5.88. The zero-order valence-corrected chi connectivity index (χ0v) is 11.8. The molecule has 0 aliphatic heterocycles. The molecule has 2 aromatic heterocycles. The summed E-state index contributed by atoms with van der Waals surface area (Å²) in [7, 11) is 0. The van der Waals surface area contributed by atoms with E-state index in [2.05, 4.69) is 15.3 Å². The van der Waals surface area contributed by atoms with Crippen LogP contribution in [0.15, 0.2) is 54.9 Å². The van der Waals surface area contributed by atoms with Gasteiger partial charge in [0.05, 0.1) is 23.5 Å². The monoisotopic (exact) mass is 294 g/mol. The predicted molar refractivity (Wildman–Crippen MR) is 79.6 cm³/mol. The number of carbonyl (C=O) groups is 1. The molecule has 22 heavy (non-hydrogen) atoms. The van der Waals surface area contributed by atoms with Gasteiger partial charge in [0, 0.05) is 18.8 Å². The Morgan fingerprint density at radius 2 is 1.95 bits per heavy atom. The summed E-state index contributed by atoms with van der Waals surface area (Å²) in [6.45, 7) is 0.282. The van der Waals surface area contributed by atoms with Crippen LogP contribution in [0.5, 0.6) is 0 Å². The molecule has 110 valence electrons. The minimum atomic E-state index is -0.993. The molecular formula is C16H14N4O2. The number of rotatable bonds is 5. The molecule has 0 unspecified atom stereocenters. The van der Waals surface area contributed by atoms with Crippen molar-refractivity contribution >= 4 is 5.97 Å². The summed E-state index contributed by atoms with van der Waals surface area (Å²) in [5.74, 6) is -0.993. The van der Waals surface area contributed by atoms with Gasteiger partial charge < -0.3 is 5.11 Å². The van der Waals surface area contributed by atoms with Crippen molar-refractivity contribution in [3.63, 3.8) is 0 Å². The number of hydrogen-bond acceptors (Lipinski definition) is 4. The van der Waals surface area contributed by atoms with Gasteiger partial charge in [-0.15, -0.1) is 5.10 Å². The van der Waals surface area contributed by atoms with E-state index in [0.29, 0.717) is 12.1 Å². The van der Waals surface area contributed by atoms with Crippen LogP contribution in [0.25, 0.3) is 0 Å². The fourth-order valence-electron chi connectivity index (χ4n) is 2.21. The van der Waals surface area contributed by atoms with Gasteiger partial charge >= 0.3 is 5.97 Å². The highest BCUT2D eigenvalue weighted by atomic mass is 16.4. The van der Waals surface area contributed by atoms with Gasteiger partial charge in [-0.05, 0) is 17.7 Å². The SMILES string of the molecule is O=C(O)c1cccnc1Cn1cc(Cc2ccccc2)nn1. The van der Waals surface area contributed by atoms with Gasteiger partial charge in [-0.3, -0.25) is 4.98 Å². The molecule has 6 heteroatoms. The van der Waals surface area contributed by atoms with E-state index in [-0.39, 0.29) is 12.1 Å². The number of nitrogens with zero attached hydrogens (tertiary/aromatic N) is 4. The van der Waals surface area contributed by atoms with Crippen LogP contribution in [-0.4, -0.2) is 31.1 Å². The second-order valence-corrected chi connectivity index (χ2v) is 4.87. The molecule has 0 saturated carbocycles. The van der Waals surface area contributed by atoms with Gasteiger partial charge in [-0.25, -0.2) is 9.48 Å². The number of hydrogen-bond donors (Lipinski definition) is 1. The number of carboxylic acids is 1. The molecule has 0 aliphatic rings. The van der Waals surface area contributed by atoms with E-state index < -0.39 is 5.97 Å². The smallest absolute Gasteiger partial charge is 0.337 e. The van der Waals surface area contributed by atoms with Crippen LogP contribution in [0.2, 0.25) is 0 Å². The summed E-state index contributed by atoms with van der Waals surface area (Å²) in [4.78, 5) is 15.3. The number of aromatic nitrogens is 4. The summed E-state index contributed by atoms with van der Waals surface area (Å²) in [6, 6.07) is 13.1. The average Bonchev–Trinajstić information content (AvgIpc) is 2.96. The van der Waals surface area contributed by atoms with E-state index in [4.69, 9.17) is 5.11 Å². The molecule has 1 aromatic carbocycles. The topological polar surface area (TPSA) is 80.9 Å². The van der Waals surface area contributed by atoms with Crippen molar-refractivity contribution < 1.29 is 9.90 Å². The summed E-state index contributed by atoms with van der Waals surface area (Å²) in [6.07, 6.45) is 4.08. The van der Waals surface area contributed by atoms with Crippen LogP contribution in [-0.2, 0) is 13.0 Å². The summed E-state index contributed by atoms with van der Waals surface area (Å²) in [5.41, 5.74) is 2.63. The zero-order chi connectivity index (χ0) is 15.4. The Morgan fingerprint density at radius 3 is 2.73 bits per heavy atom. The van der Waals surface area contributed by atoms with Crippen molar-refractivity contribution in [1.82, 2.24) is 20.0 Å². The Kier molecular flexibility index (Phi) is 3.91. The van der Waals surface area contributed by atoms with Gasteiger partial charge in [0.15, 0.2) is 0 Å². The van der Waals surface area contributed by atoms with Crippen molar-refractivity contribution in [3.8, 4) is 0 Å². The van der Waals surface area contributed by atoms with Crippen LogP contribution >= 0.6 is 0 Å². The molecule has 1 N–H and O–H groups in total. The fourth-order valence-corrected chi connectivity index (χ4v) is 2.21. The van der Waals surface area contributed by atoms with Crippen molar-refractivity contribution in [2.24, 2.45) is 0 Å². The second-order valence-electron chi connectivity index (χ2n) is 4.87. The minimum Gasteiger partial charge on any atom is -0.478 e. The fraction of sp³-hybridized carbons (Fsp3) is 0.125. The van der Waals surface area contributed by atoms with Crippen LogP contribution in [0.3, 0.4) is 0 Å². The Labute approximate surface area is 127 Å². The third-order valence-electron chi connectivity index (χ3n) is 3.25. The lowest BCUT2D eigenvalue weighted by Gasteiger charge is -2.03. The summed E-state index contributed by atoms with van der Waals surface area (Å²) in [5, 5.41) is 17.3. The van der Waals surface area contributed by atoms with Crippen molar-refractivity contribution in [2.75, 3.05) is 0 Å². The summed E-state index contributed by atoms with van der Waals surface area (Å²) < 4.78 is 1.60. The number of aromatic carboxylic acids is 1. The Bertz CT molecular complexity index is 784. The van der Waals surface area contributed by atoms with Crippen LogP contribution in [0, 0.1) is 0 Å². The molecule has 0 aliphatic carbocycles. The lowest BCUT2D eigenvalue weighted by Crippen LogP contribution is -2.09. The van der Waals surface area contributed by atoms with Gasteiger partial charge in [0.1, 0.15) is 0 Å². The molecular weight excluding hydrogens is 280 g/mol. The third-order valence-corrected chi connectivity index (χ3v) is 3.25. The van der Waals surface area contributed by atoms with Crippen molar-refractivity contribution in [2.45, 2.75) is 13.0 Å². The number of benzene rings is 1. The molecule has 0 spiro atoms. The molecule has 3 aromatic rings. The van der Waals surface area contributed by atoms with Gasteiger partial charge in [-0.1, -0.05) is 35.5 Å². The van der Waals surface area contributed by atoms with Crippen LogP contribution in [0.1, 0.15) is 27.3 Å². The Hall–Kier alpha value is -3.02. The van der Waals surface area contributed by atoms with Crippen LogP contribution < -0.4 is 0 Å². The molecule has 3 rings (SSSR count). The molecule has 0 radical (unpaired) electrons. The number of pyridine rings is 1. The lowest BCUT2D eigenvalue weighted by atomic mass is 10.1. The molecule has 6 nitrogen and oxygen atoms in total. The first-order chi connectivity index (χ1) is 10.7. The largest absolute Gasteiger partial charge is 0.478 e. The van der Waals surface area contributed by atoms with E-state index in [9.17, 15) is 4.79 Å². The van der Waals surface area contributed by atoms with Gasteiger partial charge in [0.2, 0.25) is 0 Å². The first-order valence-electron chi connectivity index (χ1n) is 6.82. The maximum Gasteiger partial charge on any atom is 0.337 e. The van der Waals surface area contributed by atoms with Crippen molar-refractivity contribution in [1.29, 1.82) is 0 Å². The molecule has 0 atom stereocenters. The second kappa shape index (κ2) is 6.17. The highest BCUT2D eigenvalue weighted by Crippen LogP contribution is 2.09. The van der Waals surface area contributed by atoms with Crippen LogP contribution in [0.4, 0.5) is 0 Å². The molecule has 0 amide bonds. The van der Waals surface area contributed by atoms with E-state index in [1.54, 1.807) is 16.9 Å². The molecule has 0 bridgehead atoms. The molecule has 0 saturated heterocycles.